The molecule has 0 fully saturated rings. The normalized spacial score (nSPS) is 22.0. The largest absolute Gasteiger partial charge is 0.482 e. The summed E-state index contributed by atoms with van der Waals surface area (Å²) in [4.78, 5) is 11.9. The molecule has 2 unspecified atom stereocenters. The van der Waals surface area contributed by atoms with E-state index in [9.17, 15) is 4.79 Å². The van der Waals surface area contributed by atoms with Crippen molar-refractivity contribution in [3.8, 4) is 11.5 Å². The molecule has 0 aromatic heterocycles. The molecule has 0 bridgehead atoms. The molecule has 1 N–H and O–H groups in total. The van der Waals surface area contributed by atoms with Gasteiger partial charge in [-0.1, -0.05) is 19.1 Å². The molecule has 1 aromatic rings. The average Bonchev–Trinajstić information content (AvgIpc) is 2.35. The SMILES string of the molecule is CCCNC(=O)C1Oc2ccccc2OC1C. The smallest absolute Gasteiger partial charge is 0.265 e. The van der Waals surface area contributed by atoms with Crippen LogP contribution in [0.25, 0.3) is 0 Å². The fourth-order valence-electron chi connectivity index (χ4n) is 1.76. The molecule has 17 heavy (non-hydrogen) atoms. The fourth-order valence-corrected chi connectivity index (χ4v) is 1.76. The minimum absolute atomic E-state index is 0.117. The second-order valence-electron chi connectivity index (χ2n) is 4.10. The van der Waals surface area contributed by atoms with Crippen LogP contribution in [-0.4, -0.2) is 24.7 Å². The third-order valence-corrected chi connectivity index (χ3v) is 2.65. The Kier molecular flexibility index (Phi) is 3.52. The van der Waals surface area contributed by atoms with E-state index >= 15 is 0 Å². The Morgan fingerprint density at radius 1 is 1.29 bits per heavy atom. The summed E-state index contributed by atoms with van der Waals surface area (Å²) in [5.41, 5.74) is 0. The van der Waals surface area contributed by atoms with Gasteiger partial charge in [0, 0.05) is 6.54 Å². The van der Waals surface area contributed by atoms with Gasteiger partial charge in [0.25, 0.3) is 5.91 Å². The maximum Gasteiger partial charge on any atom is 0.265 e. The molecule has 0 spiro atoms. The predicted molar refractivity (Wildman–Crippen MR) is 64.2 cm³/mol. The van der Waals surface area contributed by atoms with Gasteiger partial charge in [-0.3, -0.25) is 4.79 Å². The first-order chi connectivity index (χ1) is 8.22. The molecule has 4 heteroatoms. The first-order valence-corrected chi connectivity index (χ1v) is 5.92. The summed E-state index contributed by atoms with van der Waals surface area (Å²) in [5, 5.41) is 2.82. The molecule has 1 aromatic carbocycles. The lowest BCUT2D eigenvalue weighted by atomic mass is 10.1. The van der Waals surface area contributed by atoms with Crippen molar-refractivity contribution in [2.75, 3.05) is 6.54 Å². The summed E-state index contributed by atoms with van der Waals surface area (Å²) in [5.74, 6) is 1.20. The van der Waals surface area contributed by atoms with Crippen molar-refractivity contribution in [3.05, 3.63) is 24.3 Å². The van der Waals surface area contributed by atoms with Crippen molar-refractivity contribution in [3.63, 3.8) is 0 Å². The Balaban J connectivity index is 2.09. The predicted octanol–water partition coefficient (Wildman–Crippen LogP) is 1.74. The minimum Gasteiger partial charge on any atom is -0.482 e. The molecule has 1 aliphatic rings. The second kappa shape index (κ2) is 5.08. The number of para-hydroxylation sites is 2. The molecule has 2 rings (SSSR count). The Labute approximate surface area is 101 Å². The van der Waals surface area contributed by atoms with E-state index in [0.29, 0.717) is 18.0 Å². The monoisotopic (exact) mass is 235 g/mol. The van der Waals surface area contributed by atoms with Crippen molar-refractivity contribution in [1.29, 1.82) is 0 Å². The number of rotatable bonds is 3. The quantitative estimate of drug-likeness (QED) is 0.868. The van der Waals surface area contributed by atoms with E-state index < -0.39 is 6.10 Å². The molecule has 0 radical (unpaired) electrons. The van der Waals surface area contributed by atoms with Crippen molar-refractivity contribution in [2.24, 2.45) is 0 Å². The molecular formula is C13H17NO3. The Morgan fingerprint density at radius 2 is 1.94 bits per heavy atom. The van der Waals surface area contributed by atoms with Gasteiger partial charge in [0.1, 0.15) is 6.10 Å². The maximum atomic E-state index is 11.9. The first kappa shape index (κ1) is 11.8. The summed E-state index contributed by atoms with van der Waals surface area (Å²) in [6, 6.07) is 7.39. The van der Waals surface area contributed by atoms with Crippen molar-refractivity contribution < 1.29 is 14.3 Å². The number of carbonyl (C=O) groups is 1. The van der Waals surface area contributed by atoms with Crippen LogP contribution in [-0.2, 0) is 4.79 Å². The van der Waals surface area contributed by atoms with Crippen LogP contribution < -0.4 is 14.8 Å². The second-order valence-corrected chi connectivity index (χ2v) is 4.10. The summed E-state index contributed by atoms with van der Waals surface area (Å²) in [7, 11) is 0. The topological polar surface area (TPSA) is 47.6 Å². The van der Waals surface area contributed by atoms with Crippen LogP contribution in [0.2, 0.25) is 0 Å². The van der Waals surface area contributed by atoms with E-state index in [1.165, 1.54) is 0 Å². The molecule has 4 nitrogen and oxygen atoms in total. The van der Waals surface area contributed by atoms with Crippen molar-refractivity contribution in [2.45, 2.75) is 32.5 Å². The lowest BCUT2D eigenvalue weighted by Gasteiger charge is -2.30. The third-order valence-electron chi connectivity index (χ3n) is 2.65. The van der Waals surface area contributed by atoms with Crippen LogP contribution in [0.3, 0.4) is 0 Å². The van der Waals surface area contributed by atoms with Crippen LogP contribution in [0, 0.1) is 0 Å². The first-order valence-electron chi connectivity index (χ1n) is 5.92. The molecule has 0 saturated heterocycles. The van der Waals surface area contributed by atoms with Gasteiger partial charge in [-0.2, -0.15) is 0 Å². The molecule has 1 heterocycles. The summed E-state index contributed by atoms with van der Waals surface area (Å²) >= 11 is 0. The van der Waals surface area contributed by atoms with Crippen molar-refractivity contribution in [1.82, 2.24) is 5.32 Å². The Hall–Kier alpha value is -1.71. The van der Waals surface area contributed by atoms with Gasteiger partial charge in [0.05, 0.1) is 0 Å². The summed E-state index contributed by atoms with van der Waals surface area (Å²) < 4.78 is 11.3. The van der Waals surface area contributed by atoms with E-state index in [1.54, 1.807) is 6.07 Å². The highest BCUT2D eigenvalue weighted by Gasteiger charge is 2.33. The highest BCUT2D eigenvalue weighted by Crippen LogP contribution is 2.33. The molecule has 2 atom stereocenters. The molecule has 1 aliphatic heterocycles. The molecule has 1 amide bonds. The zero-order chi connectivity index (χ0) is 12.3. The molecule has 0 saturated carbocycles. The zero-order valence-corrected chi connectivity index (χ0v) is 10.1. The van der Waals surface area contributed by atoms with E-state index in [-0.39, 0.29) is 12.0 Å². The van der Waals surface area contributed by atoms with Crippen LogP contribution in [0.1, 0.15) is 20.3 Å². The van der Waals surface area contributed by atoms with Crippen LogP contribution in [0.15, 0.2) is 24.3 Å². The lowest BCUT2D eigenvalue weighted by Crippen LogP contribution is -2.49. The van der Waals surface area contributed by atoms with Crippen LogP contribution >= 0.6 is 0 Å². The van der Waals surface area contributed by atoms with E-state index in [4.69, 9.17) is 9.47 Å². The Bertz CT molecular complexity index is 405. The van der Waals surface area contributed by atoms with Gasteiger partial charge in [-0.15, -0.1) is 0 Å². The van der Waals surface area contributed by atoms with Gasteiger partial charge in [-0.25, -0.2) is 0 Å². The number of fused-ring (bicyclic) bond motifs is 1. The number of carbonyl (C=O) groups excluding carboxylic acids is 1. The van der Waals surface area contributed by atoms with Gasteiger partial charge < -0.3 is 14.8 Å². The van der Waals surface area contributed by atoms with Crippen LogP contribution in [0.4, 0.5) is 0 Å². The molecular weight excluding hydrogens is 218 g/mol. The standard InChI is InChI=1S/C13H17NO3/c1-3-8-14-13(15)12-9(2)16-10-6-4-5-7-11(10)17-12/h4-7,9,12H,3,8H2,1-2H3,(H,14,15). The fraction of sp³-hybridized carbons (Fsp3) is 0.462. The van der Waals surface area contributed by atoms with E-state index in [0.717, 1.165) is 6.42 Å². The number of benzene rings is 1. The lowest BCUT2D eigenvalue weighted by molar-refractivity contribution is -0.133. The van der Waals surface area contributed by atoms with E-state index in [2.05, 4.69) is 5.32 Å². The minimum atomic E-state index is -0.573. The van der Waals surface area contributed by atoms with E-state index in [1.807, 2.05) is 32.0 Å². The van der Waals surface area contributed by atoms with Gasteiger partial charge >= 0.3 is 0 Å². The number of ether oxygens (including phenoxy) is 2. The van der Waals surface area contributed by atoms with Gasteiger partial charge in [-0.05, 0) is 25.5 Å². The summed E-state index contributed by atoms with van der Waals surface area (Å²) in [6.45, 7) is 4.51. The third kappa shape index (κ3) is 2.52. The van der Waals surface area contributed by atoms with Crippen molar-refractivity contribution >= 4 is 5.91 Å². The summed E-state index contributed by atoms with van der Waals surface area (Å²) in [6.07, 6.45) is 0.0581. The molecule has 92 valence electrons. The number of hydrogen-bond acceptors (Lipinski definition) is 3. The maximum absolute atomic E-state index is 11.9. The zero-order valence-electron chi connectivity index (χ0n) is 10.1. The average molecular weight is 235 g/mol. The number of amides is 1. The highest BCUT2D eigenvalue weighted by atomic mass is 16.6. The van der Waals surface area contributed by atoms with Gasteiger partial charge in [0.15, 0.2) is 11.5 Å². The Morgan fingerprint density at radius 3 is 2.59 bits per heavy atom. The van der Waals surface area contributed by atoms with Crippen LogP contribution in [0.5, 0.6) is 11.5 Å². The number of nitrogens with one attached hydrogen (secondary N) is 1. The molecule has 0 aliphatic carbocycles. The van der Waals surface area contributed by atoms with Gasteiger partial charge in [0.2, 0.25) is 6.10 Å². The highest BCUT2D eigenvalue weighted by molar-refractivity contribution is 5.82. The number of hydrogen-bond donors (Lipinski definition) is 1.